The van der Waals surface area contributed by atoms with Crippen LogP contribution in [0.4, 0.5) is 15.0 Å². The van der Waals surface area contributed by atoms with Gasteiger partial charge in [-0.05, 0) is 57.7 Å². The fourth-order valence-electron chi connectivity index (χ4n) is 7.93. The van der Waals surface area contributed by atoms with E-state index in [9.17, 15) is 9.90 Å². The minimum atomic E-state index is -0.902. The van der Waals surface area contributed by atoms with Crippen LogP contribution in [0.3, 0.4) is 0 Å². The number of ether oxygens (including phenoxy) is 1. The largest absolute Gasteiger partial charge is 0.465 e. The van der Waals surface area contributed by atoms with Gasteiger partial charge in [-0.3, -0.25) is 19.8 Å². The van der Waals surface area contributed by atoms with E-state index in [2.05, 4.69) is 19.9 Å². The normalized spacial score (nSPS) is 22.9. The molecule has 0 spiro atoms. The zero-order valence-corrected chi connectivity index (χ0v) is 24.3. The van der Waals surface area contributed by atoms with Crippen LogP contribution in [-0.2, 0) is 0 Å². The fraction of sp³-hybridized carbons (Fsp3) is 0.452. The van der Waals surface area contributed by atoms with Crippen molar-refractivity contribution in [3.63, 3.8) is 0 Å². The highest BCUT2D eigenvalue weighted by atomic mass is 35.5. The summed E-state index contributed by atoms with van der Waals surface area (Å²) in [6, 6.07) is 5.28. The van der Waals surface area contributed by atoms with Crippen molar-refractivity contribution in [3.05, 3.63) is 47.6 Å². The fourth-order valence-corrected chi connectivity index (χ4v) is 8.22. The molecule has 4 aliphatic rings. The van der Waals surface area contributed by atoms with Crippen molar-refractivity contribution in [2.45, 2.75) is 56.1 Å². The van der Waals surface area contributed by atoms with Crippen LogP contribution in [-0.4, -0.2) is 91.3 Å². The summed E-state index contributed by atoms with van der Waals surface area (Å²) >= 11 is 6.57. The standard InChI is InChI=1S/C31H31ClFN7O3/c32-23-5-1-4-18-12-34-13-21(24(18)23)26-25(33)27-22(14-35-26)28(38-15-19-6-7-20(16-38)40(19)30(41)42)37-29(36-27)43-17-31-8-2-10-39(31)11-3-9-31/h1,4-5,12-14,19-20H,2-3,6-11,15-17H2,(H,41,42)/t19-,20+. The monoisotopic (exact) mass is 603 g/mol. The van der Waals surface area contributed by atoms with E-state index in [-0.39, 0.29) is 34.8 Å². The van der Waals surface area contributed by atoms with E-state index in [0.29, 0.717) is 46.9 Å². The van der Waals surface area contributed by atoms with Gasteiger partial charge in [0.2, 0.25) is 0 Å². The molecule has 4 fully saturated rings. The summed E-state index contributed by atoms with van der Waals surface area (Å²) in [6.07, 6.45) is 9.91. The molecule has 4 saturated heterocycles. The number of fused-ring (bicyclic) bond motifs is 5. The summed E-state index contributed by atoms with van der Waals surface area (Å²) in [5, 5.41) is 12.2. The third-order valence-corrected chi connectivity index (χ3v) is 10.2. The van der Waals surface area contributed by atoms with Crippen LogP contribution in [0.1, 0.15) is 38.5 Å². The van der Waals surface area contributed by atoms with Gasteiger partial charge in [0, 0.05) is 53.0 Å². The summed E-state index contributed by atoms with van der Waals surface area (Å²) in [7, 11) is 0. The number of carboxylic acid groups (broad SMARTS) is 1. The molecule has 43 heavy (non-hydrogen) atoms. The minimum Gasteiger partial charge on any atom is -0.465 e. The predicted octanol–water partition coefficient (Wildman–Crippen LogP) is 5.37. The molecule has 12 heteroatoms. The van der Waals surface area contributed by atoms with Crippen molar-refractivity contribution < 1.29 is 19.0 Å². The number of hydrogen-bond donors (Lipinski definition) is 1. The lowest BCUT2D eigenvalue weighted by Gasteiger charge is -2.40. The van der Waals surface area contributed by atoms with Gasteiger partial charge in [0.05, 0.1) is 23.0 Å². The number of pyridine rings is 2. The summed E-state index contributed by atoms with van der Waals surface area (Å²) in [4.78, 5) is 36.4. The Kier molecular flexibility index (Phi) is 6.30. The Morgan fingerprint density at radius 2 is 1.86 bits per heavy atom. The molecule has 8 rings (SSSR count). The van der Waals surface area contributed by atoms with Crippen molar-refractivity contribution in [2.24, 2.45) is 0 Å². The minimum absolute atomic E-state index is 0.0297. The zero-order valence-electron chi connectivity index (χ0n) is 23.5. The average molecular weight is 604 g/mol. The number of anilines is 1. The second-order valence-corrected chi connectivity index (χ2v) is 12.6. The molecule has 0 saturated carbocycles. The molecule has 1 N–H and O–H groups in total. The highest BCUT2D eigenvalue weighted by molar-refractivity contribution is 6.36. The molecule has 0 radical (unpaired) electrons. The maximum absolute atomic E-state index is 16.6. The van der Waals surface area contributed by atoms with Crippen LogP contribution in [0, 0.1) is 5.82 Å². The number of benzene rings is 1. The van der Waals surface area contributed by atoms with E-state index >= 15 is 4.39 Å². The lowest BCUT2D eigenvalue weighted by molar-refractivity contribution is 0.107. The van der Waals surface area contributed by atoms with Crippen molar-refractivity contribution in [3.8, 4) is 17.3 Å². The van der Waals surface area contributed by atoms with Crippen molar-refractivity contribution in [1.29, 1.82) is 0 Å². The van der Waals surface area contributed by atoms with Crippen LogP contribution in [0.5, 0.6) is 6.01 Å². The molecule has 0 unspecified atom stereocenters. The first-order valence-electron chi connectivity index (χ1n) is 14.9. The van der Waals surface area contributed by atoms with Crippen LogP contribution < -0.4 is 9.64 Å². The van der Waals surface area contributed by atoms with Crippen molar-refractivity contribution in [2.75, 3.05) is 37.7 Å². The molecule has 1 amide bonds. The van der Waals surface area contributed by atoms with Gasteiger partial charge in [-0.25, -0.2) is 9.18 Å². The van der Waals surface area contributed by atoms with Gasteiger partial charge < -0.3 is 14.7 Å². The molecule has 4 aromatic rings. The van der Waals surface area contributed by atoms with Gasteiger partial charge in [-0.15, -0.1) is 0 Å². The van der Waals surface area contributed by atoms with Crippen LogP contribution in [0.25, 0.3) is 32.9 Å². The molecule has 222 valence electrons. The third kappa shape index (κ3) is 4.27. The van der Waals surface area contributed by atoms with E-state index in [1.54, 1.807) is 29.6 Å². The van der Waals surface area contributed by atoms with Gasteiger partial charge in [0.1, 0.15) is 23.6 Å². The molecule has 7 heterocycles. The van der Waals surface area contributed by atoms with E-state index in [0.717, 1.165) is 57.0 Å². The first-order chi connectivity index (χ1) is 20.9. The number of rotatable bonds is 5. The van der Waals surface area contributed by atoms with E-state index in [1.807, 2.05) is 17.0 Å². The van der Waals surface area contributed by atoms with Crippen LogP contribution in [0.2, 0.25) is 5.02 Å². The number of amides is 1. The Morgan fingerprint density at radius 3 is 2.60 bits per heavy atom. The Balaban J connectivity index is 1.24. The van der Waals surface area contributed by atoms with Gasteiger partial charge in [0.15, 0.2) is 5.82 Å². The van der Waals surface area contributed by atoms with Gasteiger partial charge >= 0.3 is 12.1 Å². The summed E-state index contributed by atoms with van der Waals surface area (Å²) < 4.78 is 23.0. The molecule has 2 bridgehead atoms. The summed E-state index contributed by atoms with van der Waals surface area (Å²) in [5.74, 6) is -0.0879. The number of nitrogens with zero attached hydrogens (tertiary/aromatic N) is 7. The second-order valence-electron chi connectivity index (χ2n) is 12.2. The van der Waals surface area contributed by atoms with E-state index in [4.69, 9.17) is 21.3 Å². The molecule has 1 aromatic carbocycles. The molecule has 0 aliphatic carbocycles. The smallest absolute Gasteiger partial charge is 0.407 e. The average Bonchev–Trinajstić information content (AvgIpc) is 3.67. The quantitative estimate of drug-likeness (QED) is 0.322. The number of aromatic nitrogens is 4. The Bertz CT molecular complexity index is 1740. The van der Waals surface area contributed by atoms with Gasteiger partial charge in [-0.1, -0.05) is 23.7 Å². The van der Waals surface area contributed by atoms with Gasteiger partial charge in [0.25, 0.3) is 0 Å². The lowest BCUT2D eigenvalue weighted by atomic mass is 9.95. The first-order valence-corrected chi connectivity index (χ1v) is 15.3. The zero-order chi connectivity index (χ0) is 29.3. The van der Waals surface area contributed by atoms with E-state index < -0.39 is 11.9 Å². The highest BCUT2D eigenvalue weighted by Crippen LogP contribution is 2.41. The Labute approximate surface area is 252 Å². The predicted molar refractivity (Wildman–Crippen MR) is 160 cm³/mol. The topological polar surface area (TPSA) is 108 Å². The molecule has 2 atom stereocenters. The van der Waals surface area contributed by atoms with Crippen LogP contribution in [0.15, 0.2) is 36.8 Å². The Hall–Kier alpha value is -3.83. The van der Waals surface area contributed by atoms with Crippen molar-refractivity contribution in [1.82, 2.24) is 29.7 Å². The van der Waals surface area contributed by atoms with Crippen molar-refractivity contribution >= 4 is 45.2 Å². The number of piperazine rings is 1. The molecular weight excluding hydrogens is 573 g/mol. The molecule has 10 nitrogen and oxygen atoms in total. The van der Waals surface area contributed by atoms with Crippen LogP contribution >= 0.6 is 11.6 Å². The molecule has 3 aromatic heterocycles. The number of hydrogen-bond acceptors (Lipinski definition) is 8. The maximum Gasteiger partial charge on any atom is 0.407 e. The molecular formula is C31H31ClFN7O3. The number of halogens is 2. The highest BCUT2D eigenvalue weighted by Gasteiger charge is 2.46. The van der Waals surface area contributed by atoms with Gasteiger partial charge in [-0.2, -0.15) is 9.97 Å². The third-order valence-electron chi connectivity index (χ3n) is 9.91. The lowest BCUT2D eigenvalue weighted by Crippen LogP contribution is -2.55. The second kappa shape index (κ2) is 10.1. The van der Waals surface area contributed by atoms with E-state index in [1.165, 1.54) is 0 Å². The molecule has 4 aliphatic heterocycles. The Morgan fingerprint density at radius 1 is 1.09 bits per heavy atom. The SMILES string of the molecule is O=C(O)N1[C@@H]2CC[C@H]1CN(c1nc(OCC34CCCN3CCC4)nc3c(F)c(-c4cncc5cccc(Cl)c45)ncc13)C2. The summed E-state index contributed by atoms with van der Waals surface area (Å²) in [6.45, 7) is 3.49. The number of carbonyl (C=O) groups is 1. The first kappa shape index (κ1) is 26.8. The summed E-state index contributed by atoms with van der Waals surface area (Å²) in [5.41, 5.74) is 0.651. The maximum atomic E-state index is 16.6.